The molecule has 0 atom stereocenters. The van der Waals surface area contributed by atoms with Crippen LogP contribution in [0, 0.1) is 0 Å². The molecule has 2 aromatic heterocycles. The lowest BCUT2D eigenvalue weighted by molar-refractivity contribution is 0.102. The molecule has 25 heavy (non-hydrogen) atoms. The predicted molar refractivity (Wildman–Crippen MR) is 99.3 cm³/mol. The van der Waals surface area contributed by atoms with Crippen LogP contribution in [0.25, 0.3) is 22.6 Å². The average Bonchev–Trinajstić information content (AvgIpc) is 3.06. The monoisotopic (exact) mass is 393 g/mol. The first kappa shape index (κ1) is 15.5. The molecule has 0 fully saturated rings. The number of carbonyl (C=O) groups excluding carboxylic acids is 1. The molecule has 0 aliphatic heterocycles. The number of anilines is 1. The number of fused-ring (bicyclic) bond motifs is 1. The summed E-state index contributed by atoms with van der Waals surface area (Å²) < 4.78 is 6.50. The maximum absolute atomic E-state index is 12.4. The Bertz CT molecular complexity index is 1060. The minimum atomic E-state index is -0.190. The molecule has 5 nitrogen and oxygen atoms in total. The number of rotatable bonds is 3. The molecule has 1 N–H and O–H groups in total. The summed E-state index contributed by atoms with van der Waals surface area (Å²) in [6.45, 7) is 0. The molecule has 0 saturated carbocycles. The van der Waals surface area contributed by atoms with Gasteiger partial charge < -0.3 is 9.73 Å². The number of nitrogens with zero attached hydrogens (tertiary/aromatic N) is 2. The fourth-order valence-corrected chi connectivity index (χ4v) is 2.93. The van der Waals surface area contributed by atoms with Gasteiger partial charge in [0.15, 0.2) is 5.58 Å². The van der Waals surface area contributed by atoms with Crippen LogP contribution >= 0.6 is 15.9 Å². The first-order valence-electron chi connectivity index (χ1n) is 7.57. The Morgan fingerprint density at radius 3 is 2.64 bits per heavy atom. The van der Waals surface area contributed by atoms with E-state index in [4.69, 9.17) is 4.42 Å². The van der Waals surface area contributed by atoms with Crippen LogP contribution in [0.2, 0.25) is 0 Å². The standard InChI is InChI=1S/C19H12BrN3O2/c20-15-4-2-1-3-14(15)18(24)22-13-5-6-17-16(11-13)23-19(25-17)12-7-9-21-10-8-12/h1-11H,(H,22,24). The summed E-state index contributed by atoms with van der Waals surface area (Å²) in [6, 6.07) is 16.3. The minimum absolute atomic E-state index is 0.190. The predicted octanol–water partition coefficient (Wildman–Crippen LogP) is 4.90. The lowest BCUT2D eigenvalue weighted by Gasteiger charge is -2.06. The molecular weight excluding hydrogens is 382 g/mol. The van der Waals surface area contributed by atoms with Gasteiger partial charge >= 0.3 is 0 Å². The zero-order chi connectivity index (χ0) is 17.2. The third kappa shape index (κ3) is 3.16. The van der Waals surface area contributed by atoms with Crippen molar-refractivity contribution in [1.82, 2.24) is 9.97 Å². The number of amides is 1. The van der Waals surface area contributed by atoms with Crippen LogP contribution in [0.1, 0.15) is 10.4 Å². The van der Waals surface area contributed by atoms with E-state index in [-0.39, 0.29) is 5.91 Å². The van der Waals surface area contributed by atoms with Gasteiger partial charge in [-0.25, -0.2) is 4.98 Å². The molecule has 0 saturated heterocycles. The Balaban J connectivity index is 1.63. The SMILES string of the molecule is O=C(Nc1ccc2oc(-c3ccncc3)nc2c1)c1ccccc1Br. The summed E-state index contributed by atoms with van der Waals surface area (Å²) in [5.74, 6) is 0.330. The molecule has 0 aliphatic rings. The second-order valence-corrected chi connectivity index (χ2v) is 6.23. The fourth-order valence-electron chi connectivity index (χ4n) is 2.47. The molecule has 6 heteroatoms. The molecule has 0 bridgehead atoms. The van der Waals surface area contributed by atoms with Crippen molar-refractivity contribution in [1.29, 1.82) is 0 Å². The molecule has 4 rings (SSSR count). The molecule has 2 heterocycles. The van der Waals surface area contributed by atoms with Crippen molar-refractivity contribution >= 4 is 38.6 Å². The Hall–Kier alpha value is -2.99. The van der Waals surface area contributed by atoms with Crippen LogP contribution in [0.5, 0.6) is 0 Å². The number of hydrogen-bond donors (Lipinski definition) is 1. The topological polar surface area (TPSA) is 68.0 Å². The zero-order valence-corrected chi connectivity index (χ0v) is 14.5. The van der Waals surface area contributed by atoms with Crippen LogP contribution in [0.15, 0.2) is 75.9 Å². The second kappa shape index (κ2) is 6.49. The van der Waals surface area contributed by atoms with E-state index in [2.05, 4.69) is 31.2 Å². The van der Waals surface area contributed by atoms with E-state index in [9.17, 15) is 4.79 Å². The smallest absolute Gasteiger partial charge is 0.256 e. The maximum Gasteiger partial charge on any atom is 0.256 e. The molecule has 0 radical (unpaired) electrons. The molecule has 0 spiro atoms. The number of benzene rings is 2. The van der Waals surface area contributed by atoms with E-state index >= 15 is 0 Å². The Kier molecular flexibility index (Phi) is 4.03. The summed E-state index contributed by atoms with van der Waals surface area (Å²) in [6.07, 6.45) is 3.38. The number of oxazole rings is 1. The van der Waals surface area contributed by atoms with E-state index in [1.807, 2.05) is 30.3 Å². The van der Waals surface area contributed by atoms with E-state index in [0.29, 0.717) is 28.2 Å². The molecule has 2 aromatic carbocycles. The van der Waals surface area contributed by atoms with Crippen molar-refractivity contribution in [2.75, 3.05) is 5.32 Å². The first-order chi connectivity index (χ1) is 12.2. The van der Waals surface area contributed by atoms with E-state index in [0.717, 1.165) is 10.0 Å². The van der Waals surface area contributed by atoms with Gasteiger partial charge in [-0.1, -0.05) is 12.1 Å². The number of aromatic nitrogens is 2. The van der Waals surface area contributed by atoms with Gasteiger partial charge in [0.05, 0.1) is 5.56 Å². The quantitative estimate of drug-likeness (QED) is 0.537. The Labute approximate surface area is 151 Å². The van der Waals surface area contributed by atoms with Crippen LogP contribution < -0.4 is 5.32 Å². The Morgan fingerprint density at radius 1 is 1.04 bits per heavy atom. The number of pyridine rings is 1. The molecule has 4 aromatic rings. The van der Waals surface area contributed by atoms with Gasteiger partial charge in [-0.2, -0.15) is 0 Å². The van der Waals surface area contributed by atoms with Crippen LogP contribution in [0.4, 0.5) is 5.69 Å². The molecular formula is C19H12BrN3O2. The summed E-state index contributed by atoms with van der Waals surface area (Å²) in [5.41, 5.74) is 3.41. The van der Waals surface area contributed by atoms with Crippen molar-refractivity contribution in [2.24, 2.45) is 0 Å². The second-order valence-electron chi connectivity index (χ2n) is 5.37. The van der Waals surface area contributed by atoms with Crippen molar-refractivity contribution in [3.05, 3.63) is 77.0 Å². The maximum atomic E-state index is 12.4. The summed E-state index contributed by atoms with van der Waals surface area (Å²) in [7, 11) is 0. The largest absolute Gasteiger partial charge is 0.436 e. The lowest BCUT2D eigenvalue weighted by Crippen LogP contribution is -2.12. The van der Waals surface area contributed by atoms with Crippen LogP contribution in [-0.2, 0) is 0 Å². The van der Waals surface area contributed by atoms with Crippen molar-refractivity contribution in [3.8, 4) is 11.5 Å². The minimum Gasteiger partial charge on any atom is -0.436 e. The summed E-state index contributed by atoms with van der Waals surface area (Å²) >= 11 is 3.39. The highest BCUT2D eigenvalue weighted by Gasteiger charge is 2.12. The van der Waals surface area contributed by atoms with Gasteiger partial charge in [0.25, 0.3) is 5.91 Å². The molecule has 122 valence electrons. The van der Waals surface area contributed by atoms with Gasteiger partial charge in [-0.3, -0.25) is 9.78 Å². The number of nitrogens with one attached hydrogen (secondary N) is 1. The normalized spacial score (nSPS) is 10.8. The highest BCUT2D eigenvalue weighted by Crippen LogP contribution is 2.26. The zero-order valence-electron chi connectivity index (χ0n) is 12.9. The van der Waals surface area contributed by atoms with Crippen LogP contribution in [-0.4, -0.2) is 15.9 Å². The third-order valence-electron chi connectivity index (χ3n) is 3.69. The van der Waals surface area contributed by atoms with Crippen molar-refractivity contribution < 1.29 is 9.21 Å². The molecule has 0 aliphatic carbocycles. The first-order valence-corrected chi connectivity index (χ1v) is 8.37. The van der Waals surface area contributed by atoms with Gasteiger partial charge in [-0.15, -0.1) is 0 Å². The van der Waals surface area contributed by atoms with Crippen LogP contribution in [0.3, 0.4) is 0 Å². The van der Waals surface area contributed by atoms with E-state index < -0.39 is 0 Å². The lowest BCUT2D eigenvalue weighted by atomic mass is 10.2. The number of hydrogen-bond acceptors (Lipinski definition) is 4. The van der Waals surface area contributed by atoms with Gasteiger partial charge in [-0.05, 0) is 58.4 Å². The Morgan fingerprint density at radius 2 is 1.84 bits per heavy atom. The van der Waals surface area contributed by atoms with E-state index in [1.165, 1.54) is 0 Å². The number of carbonyl (C=O) groups is 1. The highest BCUT2D eigenvalue weighted by molar-refractivity contribution is 9.10. The third-order valence-corrected chi connectivity index (χ3v) is 4.38. The van der Waals surface area contributed by atoms with E-state index in [1.54, 1.807) is 36.7 Å². The summed E-state index contributed by atoms with van der Waals surface area (Å²) in [5, 5.41) is 2.88. The molecule has 1 amide bonds. The number of halogens is 1. The van der Waals surface area contributed by atoms with Gasteiger partial charge in [0, 0.05) is 28.1 Å². The van der Waals surface area contributed by atoms with Gasteiger partial charge in [0.1, 0.15) is 5.52 Å². The molecule has 0 unspecified atom stereocenters. The van der Waals surface area contributed by atoms with Crippen molar-refractivity contribution in [2.45, 2.75) is 0 Å². The highest BCUT2D eigenvalue weighted by atomic mass is 79.9. The fraction of sp³-hybridized carbons (Fsp3) is 0. The summed E-state index contributed by atoms with van der Waals surface area (Å²) in [4.78, 5) is 20.9. The van der Waals surface area contributed by atoms with Crippen molar-refractivity contribution in [3.63, 3.8) is 0 Å². The van der Waals surface area contributed by atoms with Gasteiger partial charge in [0.2, 0.25) is 5.89 Å². The average molecular weight is 394 g/mol.